The summed E-state index contributed by atoms with van der Waals surface area (Å²) in [4.78, 5) is 21.3. The molecule has 2 aromatic rings. The first-order chi connectivity index (χ1) is 16.1. The number of nitrogens with zero attached hydrogens (tertiary/aromatic N) is 2. The van der Waals surface area contributed by atoms with Gasteiger partial charge in [-0.25, -0.2) is 9.98 Å². The highest BCUT2D eigenvalue weighted by molar-refractivity contribution is 5.94. The Morgan fingerprint density at radius 3 is 2.82 bits per heavy atom. The zero-order chi connectivity index (χ0) is 23.0. The molecule has 7 nitrogen and oxygen atoms in total. The third-order valence-electron chi connectivity index (χ3n) is 6.44. The van der Waals surface area contributed by atoms with Crippen LogP contribution < -0.4 is 20.7 Å². The molecule has 1 unspecified atom stereocenters. The molecule has 0 radical (unpaired) electrons. The Hall–Kier alpha value is -3.09. The number of ether oxygens (including phenoxy) is 1. The van der Waals surface area contributed by atoms with Crippen molar-refractivity contribution >= 4 is 17.6 Å². The fourth-order valence-corrected chi connectivity index (χ4v) is 4.55. The molecule has 1 aromatic carbocycles. The molecule has 1 aliphatic heterocycles. The number of nitrogens with one attached hydrogen (secondary N) is 3. The van der Waals surface area contributed by atoms with Crippen molar-refractivity contribution in [1.29, 1.82) is 0 Å². The fraction of sp³-hybridized carbons (Fsp3) is 0.500. The van der Waals surface area contributed by atoms with E-state index in [9.17, 15) is 4.79 Å². The number of aromatic nitrogens is 1. The van der Waals surface area contributed by atoms with E-state index >= 15 is 0 Å². The molecule has 0 spiro atoms. The molecule has 1 saturated carbocycles. The van der Waals surface area contributed by atoms with Crippen LogP contribution in [0.25, 0.3) is 0 Å². The average molecular weight is 450 g/mol. The predicted molar refractivity (Wildman–Crippen MR) is 132 cm³/mol. The van der Waals surface area contributed by atoms with E-state index in [2.05, 4.69) is 33.9 Å². The Morgan fingerprint density at radius 1 is 1.18 bits per heavy atom. The van der Waals surface area contributed by atoms with Crippen molar-refractivity contribution in [3.63, 3.8) is 0 Å². The van der Waals surface area contributed by atoms with Gasteiger partial charge in [-0.1, -0.05) is 25.1 Å². The van der Waals surface area contributed by atoms with E-state index < -0.39 is 0 Å². The Kier molecular flexibility index (Phi) is 7.81. The molecule has 0 saturated heterocycles. The normalized spacial score (nSPS) is 22.8. The number of rotatable bonds is 7. The van der Waals surface area contributed by atoms with Gasteiger partial charge in [-0.05, 0) is 61.8 Å². The number of anilines is 1. The maximum Gasteiger partial charge on any atom is 0.225 e. The highest BCUT2D eigenvalue weighted by atomic mass is 16.5. The number of guanidine groups is 1. The Morgan fingerprint density at radius 2 is 2.00 bits per heavy atom. The van der Waals surface area contributed by atoms with Gasteiger partial charge in [-0.2, -0.15) is 0 Å². The standard InChI is InChI=1S/C26H35N5O2/c1-3-27-26(30-17-20-15-24(32)31-23-7-5-4-6-22(20)23)29-16-19-12-13-28-25(14-19)33-21-10-8-18(2)9-11-21/h4-7,12-14,18,20-21H,3,8-11,15-17H2,1-2H3,(H,31,32)(H2,27,29,30). The van der Waals surface area contributed by atoms with Crippen LogP contribution in [0.15, 0.2) is 47.6 Å². The Bertz CT molecular complexity index is 969. The monoisotopic (exact) mass is 449 g/mol. The van der Waals surface area contributed by atoms with Crippen molar-refractivity contribution in [2.75, 3.05) is 18.4 Å². The highest BCUT2D eigenvalue weighted by Gasteiger charge is 2.25. The van der Waals surface area contributed by atoms with Gasteiger partial charge in [0, 0.05) is 43.4 Å². The van der Waals surface area contributed by atoms with Crippen molar-refractivity contribution in [1.82, 2.24) is 15.6 Å². The molecule has 4 rings (SSSR count). The Balaban J connectivity index is 1.36. The molecular weight excluding hydrogens is 414 g/mol. The van der Waals surface area contributed by atoms with E-state index in [0.717, 1.165) is 48.1 Å². The minimum atomic E-state index is 0.0548. The number of pyridine rings is 1. The van der Waals surface area contributed by atoms with E-state index in [1.807, 2.05) is 37.3 Å². The SMILES string of the molecule is CCNC(=NCc1ccnc(OC2CCC(C)CC2)c1)NCC1CC(=O)Nc2ccccc21. The third kappa shape index (κ3) is 6.46. The molecule has 3 N–H and O–H groups in total. The number of benzene rings is 1. The number of hydrogen-bond acceptors (Lipinski definition) is 4. The summed E-state index contributed by atoms with van der Waals surface area (Å²) in [6.45, 7) is 6.28. The number of para-hydroxylation sites is 1. The molecule has 1 fully saturated rings. The lowest BCUT2D eigenvalue weighted by Crippen LogP contribution is -2.40. The van der Waals surface area contributed by atoms with Gasteiger partial charge in [0.15, 0.2) is 5.96 Å². The predicted octanol–water partition coefficient (Wildman–Crippen LogP) is 4.22. The quantitative estimate of drug-likeness (QED) is 0.435. The summed E-state index contributed by atoms with van der Waals surface area (Å²) in [5.74, 6) is 2.38. The van der Waals surface area contributed by atoms with Crippen LogP contribution in [-0.4, -0.2) is 36.0 Å². The minimum absolute atomic E-state index is 0.0548. The van der Waals surface area contributed by atoms with Gasteiger partial charge in [0.2, 0.25) is 11.8 Å². The van der Waals surface area contributed by atoms with Crippen LogP contribution in [0.5, 0.6) is 5.88 Å². The van der Waals surface area contributed by atoms with Crippen LogP contribution in [0.2, 0.25) is 0 Å². The van der Waals surface area contributed by atoms with E-state index in [4.69, 9.17) is 9.73 Å². The molecule has 1 aliphatic carbocycles. The fourth-order valence-electron chi connectivity index (χ4n) is 4.55. The maximum atomic E-state index is 12.1. The van der Waals surface area contributed by atoms with Crippen molar-refractivity contribution in [2.24, 2.45) is 10.9 Å². The molecule has 2 heterocycles. The van der Waals surface area contributed by atoms with E-state index in [-0.39, 0.29) is 17.9 Å². The second kappa shape index (κ2) is 11.2. The first kappa shape index (κ1) is 23.1. The number of fused-ring (bicyclic) bond motifs is 1. The molecule has 1 amide bonds. The molecule has 2 aliphatic rings. The second-order valence-corrected chi connectivity index (χ2v) is 9.11. The molecule has 1 atom stereocenters. The van der Waals surface area contributed by atoms with Crippen molar-refractivity contribution < 1.29 is 9.53 Å². The molecule has 1 aromatic heterocycles. The van der Waals surface area contributed by atoms with Crippen LogP contribution in [0, 0.1) is 5.92 Å². The summed E-state index contributed by atoms with van der Waals surface area (Å²) < 4.78 is 6.14. The number of aliphatic imine (C=N–C) groups is 1. The lowest BCUT2D eigenvalue weighted by Gasteiger charge is -2.26. The number of carbonyl (C=O) groups excluding carboxylic acids is 1. The van der Waals surface area contributed by atoms with Gasteiger partial charge in [-0.3, -0.25) is 4.79 Å². The number of amides is 1. The van der Waals surface area contributed by atoms with Gasteiger partial charge in [-0.15, -0.1) is 0 Å². The Labute approximate surface area is 196 Å². The second-order valence-electron chi connectivity index (χ2n) is 9.11. The lowest BCUT2D eigenvalue weighted by atomic mass is 9.89. The number of carbonyl (C=O) groups is 1. The summed E-state index contributed by atoms with van der Waals surface area (Å²) in [6, 6.07) is 12.0. The third-order valence-corrected chi connectivity index (χ3v) is 6.44. The summed E-state index contributed by atoms with van der Waals surface area (Å²) >= 11 is 0. The van der Waals surface area contributed by atoms with E-state index in [1.165, 1.54) is 12.8 Å². The highest BCUT2D eigenvalue weighted by Crippen LogP contribution is 2.31. The zero-order valence-corrected chi connectivity index (χ0v) is 19.6. The van der Waals surface area contributed by atoms with Crippen molar-refractivity contribution in [2.45, 2.75) is 64.5 Å². The van der Waals surface area contributed by atoms with Crippen LogP contribution >= 0.6 is 0 Å². The van der Waals surface area contributed by atoms with Gasteiger partial charge in [0.05, 0.1) is 6.54 Å². The summed E-state index contributed by atoms with van der Waals surface area (Å²) in [5, 5.41) is 9.68. The summed E-state index contributed by atoms with van der Waals surface area (Å²) in [6.07, 6.45) is 7.17. The van der Waals surface area contributed by atoms with E-state index in [0.29, 0.717) is 25.4 Å². The van der Waals surface area contributed by atoms with Crippen LogP contribution in [0.4, 0.5) is 5.69 Å². The van der Waals surface area contributed by atoms with Gasteiger partial charge in [0.25, 0.3) is 0 Å². The molecule has 33 heavy (non-hydrogen) atoms. The maximum absolute atomic E-state index is 12.1. The largest absolute Gasteiger partial charge is 0.474 e. The van der Waals surface area contributed by atoms with Gasteiger partial charge >= 0.3 is 0 Å². The zero-order valence-electron chi connectivity index (χ0n) is 19.6. The molecular formula is C26H35N5O2. The average Bonchev–Trinajstić information content (AvgIpc) is 2.82. The first-order valence-corrected chi connectivity index (χ1v) is 12.1. The molecule has 0 bridgehead atoms. The number of hydrogen-bond donors (Lipinski definition) is 3. The summed E-state index contributed by atoms with van der Waals surface area (Å²) in [5.41, 5.74) is 3.12. The topological polar surface area (TPSA) is 87.6 Å². The summed E-state index contributed by atoms with van der Waals surface area (Å²) in [7, 11) is 0. The van der Waals surface area contributed by atoms with E-state index in [1.54, 1.807) is 6.20 Å². The van der Waals surface area contributed by atoms with Crippen LogP contribution in [0.1, 0.15) is 63.0 Å². The van der Waals surface area contributed by atoms with Gasteiger partial charge in [0.1, 0.15) is 6.10 Å². The van der Waals surface area contributed by atoms with Crippen molar-refractivity contribution in [3.8, 4) is 5.88 Å². The van der Waals surface area contributed by atoms with Gasteiger partial charge < -0.3 is 20.7 Å². The van der Waals surface area contributed by atoms with Crippen LogP contribution in [0.3, 0.4) is 0 Å². The lowest BCUT2D eigenvalue weighted by molar-refractivity contribution is -0.116. The minimum Gasteiger partial charge on any atom is -0.474 e. The molecule has 7 heteroatoms. The smallest absolute Gasteiger partial charge is 0.225 e. The van der Waals surface area contributed by atoms with Crippen LogP contribution in [-0.2, 0) is 11.3 Å². The molecule has 176 valence electrons. The van der Waals surface area contributed by atoms with Crippen molar-refractivity contribution in [3.05, 3.63) is 53.7 Å². The first-order valence-electron chi connectivity index (χ1n) is 12.1.